The highest BCUT2D eigenvalue weighted by Gasteiger charge is 1.94. The predicted molar refractivity (Wildman–Crippen MR) is 74.2 cm³/mol. The molecule has 0 saturated heterocycles. The van der Waals surface area contributed by atoms with Crippen molar-refractivity contribution in [1.29, 1.82) is 0 Å². The van der Waals surface area contributed by atoms with E-state index in [0.29, 0.717) is 0 Å². The van der Waals surface area contributed by atoms with Gasteiger partial charge in [0.2, 0.25) is 0 Å². The van der Waals surface area contributed by atoms with Crippen LogP contribution in [0.4, 0.5) is 5.69 Å². The first-order valence-corrected chi connectivity index (χ1v) is 6.25. The summed E-state index contributed by atoms with van der Waals surface area (Å²) in [6.07, 6.45) is 2.38. The highest BCUT2D eigenvalue weighted by molar-refractivity contribution is 5.43. The molecule has 0 unspecified atom stereocenters. The van der Waals surface area contributed by atoms with E-state index in [0.717, 1.165) is 6.54 Å². The first-order valence-electron chi connectivity index (χ1n) is 6.25. The number of nitrogens with one attached hydrogen (secondary N) is 1. The first kappa shape index (κ1) is 11.7. The molecule has 0 atom stereocenters. The molecule has 0 aliphatic carbocycles. The van der Waals surface area contributed by atoms with Gasteiger partial charge in [-0.2, -0.15) is 0 Å². The van der Waals surface area contributed by atoms with Crippen molar-refractivity contribution in [3.05, 3.63) is 65.7 Å². The molecule has 17 heavy (non-hydrogen) atoms. The Morgan fingerprint density at radius 3 is 2.12 bits per heavy atom. The van der Waals surface area contributed by atoms with Crippen LogP contribution in [0.1, 0.15) is 24.5 Å². The maximum atomic E-state index is 3.41. The highest BCUT2D eigenvalue weighted by Crippen LogP contribution is 2.10. The van der Waals surface area contributed by atoms with Crippen molar-refractivity contribution in [2.45, 2.75) is 26.3 Å². The molecule has 0 aromatic heterocycles. The second kappa shape index (κ2) is 6.09. The summed E-state index contributed by atoms with van der Waals surface area (Å²) in [6.45, 7) is 3.10. The van der Waals surface area contributed by atoms with E-state index in [2.05, 4.69) is 48.6 Å². The molecular weight excluding hydrogens is 206 g/mol. The predicted octanol–water partition coefficient (Wildman–Crippen LogP) is 4.25. The summed E-state index contributed by atoms with van der Waals surface area (Å²) in [5.41, 5.74) is 3.93. The Hall–Kier alpha value is -1.76. The lowest BCUT2D eigenvalue weighted by atomic mass is 10.1. The average Bonchev–Trinajstić information content (AvgIpc) is 2.40. The highest BCUT2D eigenvalue weighted by atomic mass is 14.9. The van der Waals surface area contributed by atoms with Crippen molar-refractivity contribution in [2.75, 3.05) is 5.32 Å². The Bertz CT molecular complexity index is 431. The topological polar surface area (TPSA) is 12.0 Å². The zero-order chi connectivity index (χ0) is 11.9. The summed E-state index contributed by atoms with van der Waals surface area (Å²) in [7, 11) is 0. The zero-order valence-electron chi connectivity index (χ0n) is 10.3. The number of para-hydroxylation sites is 1. The average molecular weight is 225 g/mol. The third-order valence-corrected chi connectivity index (χ3v) is 2.83. The van der Waals surface area contributed by atoms with Gasteiger partial charge in [-0.25, -0.2) is 0 Å². The lowest BCUT2D eigenvalue weighted by molar-refractivity contribution is 0.920. The van der Waals surface area contributed by atoms with Crippen LogP contribution in [0, 0.1) is 0 Å². The molecule has 88 valence electrons. The van der Waals surface area contributed by atoms with Crippen molar-refractivity contribution in [2.24, 2.45) is 0 Å². The second-order valence-corrected chi connectivity index (χ2v) is 4.29. The number of benzene rings is 2. The van der Waals surface area contributed by atoms with Gasteiger partial charge >= 0.3 is 0 Å². The molecule has 2 aromatic carbocycles. The third kappa shape index (κ3) is 3.63. The molecule has 0 fully saturated rings. The van der Waals surface area contributed by atoms with Crippen molar-refractivity contribution >= 4 is 5.69 Å². The standard InChI is InChI=1S/C16H19N/c1-2-6-14-9-11-15(12-10-14)13-17-16-7-4-3-5-8-16/h3-5,7-12,17H,2,6,13H2,1H3. The Labute approximate surface area is 103 Å². The molecule has 0 aliphatic heterocycles. The minimum atomic E-state index is 0.885. The Morgan fingerprint density at radius 1 is 0.824 bits per heavy atom. The van der Waals surface area contributed by atoms with Gasteiger partial charge in [0.25, 0.3) is 0 Å². The molecule has 0 radical (unpaired) electrons. The summed E-state index contributed by atoms with van der Waals surface area (Å²) in [4.78, 5) is 0. The van der Waals surface area contributed by atoms with E-state index in [-0.39, 0.29) is 0 Å². The maximum absolute atomic E-state index is 3.41. The maximum Gasteiger partial charge on any atom is 0.0400 e. The van der Waals surface area contributed by atoms with Gasteiger partial charge in [-0.3, -0.25) is 0 Å². The fourth-order valence-electron chi connectivity index (χ4n) is 1.87. The number of hydrogen-bond donors (Lipinski definition) is 1. The molecule has 1 N–H and O–H groups in total. The lowest BCUT2D eigenvalue weighted by Gasteiger charge is -2.07. The molecule has 2 rings (SSSR count). The SMILES string of the molecule is CCCc1ccc(CNc2ccccc2)cc1. The van der Waals surface area contributed by atoms with E-state index in [4.69, 9.17) is 0 Å². The Morgan fingerprint density at radius 2 is 1.47 bits per heavy atom. The number of anilines is 1. The lowest BCUT2D eigenvalue weighted by Crippen LogP contribution is -1.99. The summed E-state index contributed by atoms with van der Waals surface area (Å²) in [5.74, 6) is 0. The summed E-state index contributed by atoms with van der Waals surface area (Å²) < 4.78 is 0. The van der Waals surface area contributed by atoms with Crippen molar-refractivity contribution < 1.29 is 0 Å². The van der Waals surface area contributed by atoms with Gasteiger partial charge in [0, 0.05) is 12.2 Å². The molecule has 2 aromatic rings. The van der Waals surface area contributed by atoms with Crippen molar-refractivity contribution in [3.8, 4) is 0 Å². The molecular formula is C16H19N. The van der Waals surface area contributed by atoms with E-state index in [1.165, 1.54) is 29.7 Å². The largest absolute Gasteiger partial charge is 0.381 e. The van der Waals surface area contributed by atoms with Gasteiger partial charge in [0.1, 0.15) is 0 Å². The summed E-state index contributed by atoms with van der Waals surface area (Å²) in [6, 6.07) is 19.2. The normalized spacial score (nSPS) is 10.2. The number of rotatable bonds is 5. The fourth-order valence-corrected chi connectivity index (χ4v) is 1.87. The van der Waals surface area contributed by atoms with Gasteiger partial charge in [-0.15, -0.1) is 0 Å². The van der Waals surface area contributed by atoms with Crippen LogP contribution in [0.15, 0.2) is 54.6 Å². The van der Waals surface area contributed by atoms with Crippen LogP contribution >= 0.6 is 0 Å². The van der Waals surface area contributed by atoms with Gasteiger partial charge in [-0.05, 0) is 29.7 Å². The Kier molecular flexibility index (Phi) is 4.20. The van der Waals surface area contributed by atoms with Crippen LogP contribution < -0.4 is 5.32 Å². The quantitative estimate of drug-likeness (QED) is 0.802. The van der Waals surface area contributed by atoms with E-state index < -0.39 is 0 Å². The summed E-state index contributed by atoms with van der Waals surface area (Å²) >= 11 is 0. The molecule has 1 heteroatoms. The van der Waals surface area contributed by atoms with E-state index in [1.807, 2.05) is 18.2 Å². The van der Waals surface area contributed by atoms with Gasteiger partial charge < -0.3 is 5.32 Å². The molecule has 0 amide bonds. The van der Waals surface area contributed by atoms with Crippen LogP contribution in [0.2, 0.25) is 0 Å². The molecule has 0 bridgehead atoms. The number of aryl methyl sites for hydroxylation is 1. The molecule has 1 nitrogen and oxygen atoms in total. The van der Waals surface area contributed by atoms with Gasteiger partial charge in [-0.1, -0.05) is 55.8 Å². The van der Waals surface area contributed by atoms with Crippen LogP contribution in [0.5, 0.6) is 0 Å². The Balaban J connectivity index is 1.91. The van der Waals surface area contributed by atoms with Crippen LogP contribution in [0.3, 0.4) is 0 Å². The van der Waals surface area contributed by atoms with Crippen LogP contribution in [-0.4, -0.2) is 0 Å². The van der Waals surface area contributed by atoms with Crippen molar-refractivity contribution in [3.63, 3.8) is 0 Å². The fraction of sp³-hybridized carbons (Fsp3) is 0.250. The molecule has 0 aliphatic rings. The van der Waals surface area contributed by atoms with E-state index in [9.17, 15) is 0 Å². The minimum Gasteiger partial charge on any atom is -0.381 e. The third-order valence-electron chi connectivity index (χ3n) is 2.83. The minimum absolute atomic E-state index is 0.885. The smallest absolute Gasteiger partial charge is 0.0400 e. The summed E-state index contributed by atoms with van der Waals surface area (Å²) in [5, 5.41) is 3.41. The van der Waals surface area contributed by atoms with Crippen molar-refractivity contribution in [1.82, 2.24) is 0 Å². The van der Waals surface area contributed by atoms with E-state index >= 15 is 0 Å². The zero-order valence-corrected chi connectivity index (χ0v) is 10.3. The van der Waals surface area contributed by atoms with Crippen LogP contribution in [0.25, 0.3) is 0 Å². The van der Waals surface area contributed by atoms with Gasteiger partial charge in [0.15, 0.2) is 0 Å². The molecule has 0 saturated carbocycles. The molecule has 0 heterocycles. The van der Waals surface area contributed by atoms with Crippen LogP contribution in [-0.2, 0) is 13.0 Å². The monoisotopic (exact) mass is 225 g/mol. The first-order chi connectivity index (χ1) is 8.38. The number of hydrogen-bond acceptors (Lipinski definition) is 1. The van der Waals surface area contributed by atoms with Gasteiger partial charge in [0.05, 0.1) is 0 Å². The van der Waals surface area contributed by atoms with E-state index in [1.54, 1.807) is 0 Å². The molecule has 0 spiro atoms. The second-order valence-electron chi connectivity index (χ2n) is 4.29.